The normalized spacial score (nSPS) is 14.2. The Bertz CT molecular complexity index is 1190. The van der Waals surface area contributed by atoms with E-state index in [1.807, 2.05) is 19.1 Å². The van der Waals surface area contributed by atoms with Gasteiger partial charge in [0.25, 0.3) is 15.9 Å². The average molecular weight is 471 g/mol. The number of fused-ring (bicyclic) bond motifs is 1. The van der Waals surface area contributed by atoms with Crippen LogP contribution in [0.4, 0.5) is 5.69 Å². The number of aryl methyl sites for hydroxylation is 1. The predicted octanol–water partition coefficient (Wildman–Crippen LogP) is 3.99. The molecule has 174 valence electrons. The molecule has 33 heavy (non-hydrogen) atoms. The molecule has 0 saturated carbocycles. The Kier molecular flexibility index (Phi) is 6.88. The van der Waals surface area contributed by atoms with Crippen molar-refractivity contribution in [1.29, 1.82) is 0 Å². The van der Waals surface area contributed by atoms with Crippen molar-refractivity contribution in [3.05, 3.63) is 72.2 Å². The molecule has 1 aliphatic rings. The lowest BCUT2D eigenvalue weighted by molar-refractivity contribution is 0.0938. The van der Waals surface area contributed by atoms with Crippen molar-refractivity contribution in [3.8, 4) is 11.5 Å². The third-order valence-electron chi connectivity index (χ3n) is 5.21. The van der Waals surface area contributed by atoms with E-state index in [9.17, 15) is 13.2 Å². The number of hydrogen-bond acceptors (Lipinski definition) is 6. The molecule has 0 radical (unpaired) electrons. The van der Waals surface area contributed by atoms with E-state index in [-0.39, 0.29) is 16.8 Å². The smallest absolute Gasteiger partial charge is 0.262 e. The minimum Gasteiger partial charge on any atom is -0.490 e. The maximum atomic E-state index is 12.8. The van der Waals surface area contributed by atoms with Gasteiger partial charge >= 0.3 is 0 Å². The lowest BCUT2D eigenvalue weighted by atomic mass is 10.1. The number of amides is 1. The van der Waals surface area contributed by atoms with Gasteiger partial charge in [-0.2, -0.15) is 0 Å². The highest BCUT2D eigenvalue weighted by molar-refractivity contribution is 7.92. The van der Waals surface area contributed by atoms with Crippen LogP contribution in [0.25, 0.3) is 0 Å². The standard InChI is InChI=1S/C24H26N2O6S/c1-17(5-10-20-4-2-13-30-20)25-24(27)18-6-8-19(9-7-18)26-33(28,29)21-11-12-22-23(16-21)32-15-3-14-31-22/h2,4,6-9,11-13,16-17,26H,3,5,10,14-15H2,1H3,(H,25,27). The first kappa shape index (κ1) is 22.7. The van der Waals surface area contributed by atoms with Crippen LogP contribution < -0.4 is 19.5 Å². The highest BCUT2D eigenvalue weighted by Gasteiger charge is 2.19. The number of nitrogens with one attached hydrogen (secondary N) is 2. The Morgan fingerprint density at radius 3 is 2.52 bits per heavy atom. The van der Waals surface area contributed by atoms with E-state index in [2.05, 4.69) is 10.0 Å². The number of rotatable bonds is 8. The molecule has 0 aliphatic carbocycles. The number of furan rings is 1. The summed E-state index contributed by atoms with van der Waals surface area (Å²) in [6, 6.07) is 14.5. The number of anilines is 1. The topological polar surface area (TPSA) is 107 Å². The van der Waals surface area contributed by atoms with Gasteiger partial charge in [-0.25, -0.2) is 8.42 Å². The molecular weight excluding hydrogens is 444 g/mol. The van der Waals surface area contributed by atoms with Crippen molar-refractivity contribution in [2.75, 3.05) is 17.9 Å². The molecule has 1 amide bonds. The van der Waals surface area contributed by atoms with E-state index in [1.54, 1.807) is 36.6 Å². The number of hydrogen-bond donors (Lipinski definition) is 2. The Balaban J connectivity index is 1.36. The van der Waals surface area contributed by atoms with E-state index in [0.717, 1.165) is 25.0 Å². The van der Waals surface area contributed by atoms with Crippen LogP contribution in [-0.4, -0.2) is 33.6 Å². The second kappa shape index (κ2) is 9.99. The van der Waals surface area contributed by atoms with Crippen LogP contribution in [0.2, 0.25) is 0 Å². The van der Waals surface area contributed by atoms with Crippen molar-refractivity contribution in [2.45, 2.75) is 37.1 Å². The third kappa shape index (κ3) is 5.87. The highest BCUT2D eigenvalue weighted by Crippen LogP contribution is 2.32. The molecule has 0 bridgehead atoms. The van der Waals surface area contributed by atoms with E-state index >= 15 is 0 Å². The second-order valence-corrected chi connectivity index (χ2v) is 9.52. The summed E-state index contributed by atoms with van der Waals surface area (Å²) in [6.45, 7) is 2.92. The molecule has 2 N–H and O–H groups in total. The minimum absolute atomic E-state index is 0.0415. The lowest BCUT2D eigenvalue weighted by Gasteiger charge is -2.14. The van der Waals surface area contributed by atoms with E-state index in [1.165, 1.54) is 12.1 Å². The zero-order valence-electron chi connectivity index (χ0n) is 18.2. The fourth-order valence-corrected chi connectivity index (χ4v) is 4.48. The van der Waals surface area contributed by atoms with Gasteiger partial charge < -0.3 is 19.2 Å². The Labute approximate surface area is 193 Å². The van der Waals surface area contributed by atoms with Crippen molar-refractivity contribution in [2.24, 2.45) is 0 Å². The van der Waals surface area contributed by atoms with Gasteiger partial charge in [0, 0.05) is 36.2 Å². The summed E-state index contributed by atoms with van der Waals surface area (Å²) in [4.78, 5) is 12.6. The number of sulfonamides is 1. The van der Waals surface area contributed by atoms with Gasteiger partial charge in [-0.15, -0.1) is 0 Å². The van der Waals surface area contributed by atoms with Crippen molar-refractivity contribution < 1.29 is 27.1 Å². The van der Waals surface area contributed by atoms with Crippen LogP contribution in [0.1, 0.15) is 35.9 Å². The van der Waals surface area contributed by atoms with Gasteiger partial charge in [0.2, 0.25) is 0 Å². The summed E-state index contributed by atoms with van der Waals surface area (Å²) in [5, 5.41) is 2.94. The molecule has 1 atom stereocenters. The van der Waals surface area contributed by atoms with Crippen molar-refractivity contribution in [1.82, 2.24) is 5.32 Å². The lowest BCUT2D eigenvalue weighted by Crippen LogP contribution is -2.32. The molecule has 2 aromatic carbocycles. The van der Waals surface area contributed by atoms with Gasteiger partial charge in [0.05, 0.1) is 24.4 Å². The summed E-state index contributed by atoms with van der Waals surface area (Å²) in [5.74, 6) is 1.59. The Hall–Kier alpha value is -3.46. The zero-order chi connectivity index (χ0) is 23.3. The first-order chi connectivity index (χ1) is 15.9. The molecule has 4 rings (SSSR count). The van der Waals surface area contributed by atoms with Crippen molar-refractivity contribution in [3.63, 3.8) is 0 Å². The Morgan fingerprint density at radius 1 is 1.03 bits per heavy atom. The van der Waals surface area contributed by atoms with Crippen molar-refractivity contribution >= 4 is 21.6 Å². The van der Waals surface area contributed by atoms with Crippen LogP contribution in [0, 0.1) is 0 Å². The van der Waals surface area contributed by atoms with Gasteiger partial charge in [0.15, 0.2) is 11.5 Å². The number of carbonyl (C=O) groups excluding carboxylic acids is 1. The van der Waals surface area contributed by atoms with Gasteiger partial charge in [-0.1, -0.05) is 0 Å². The molecule has 9 heteroatoms. The van der Waals surface area contributed by atoms with E-state index in [4.69, 9.17) is 13.9 Å². The predicted molar refractivity (Wildman–Crippen MR) is 123 cm³/mol. The van der Waals surface area contributed by atoms with Crippen LogP contribution >= 0.6 is 0 Å². The SMILES string of the molecule is CC(CCc1ccco1)NC(=O)c1ccc(NS(=O)(=O)c2ccc3c(c2)OCCCO3)cc1. The molecule has 2 heterocycles. The molecule has 1 unspecified atom stereocenters. The van der Waals surface area contributed by atoms with Crippen LogP contribution in [-0.2, 0) is 16.4 Å². The van der Waals surface area contributed by atoms with Gasteiger partial charge in [-0.3, -0.25) is 9.52 Å². The first-order valence-electron chi connectivity index (χ1n) is 10.8. The maximum absolute atomic E-state index is 12.8. The molecule has 0 fully saturated rings. The van der Waals surface area contributed by atoms with Gasteiger partial charge in [0.1, 0.15) is 5.76 Å². The largest absolute Gasteiger partial charge is 0.490 e. The fourth-order valence-electron chi connectivity index (χ4n) is 3.41. The zero-order valence-corrected chi connectivity index (χ0v) is 19.1. The summed E-state index contributed by atoms with van der Waals surface area (Å²) in [6.07, 6.45) is 3.84. The average Bonchev–Trinajstić information content (AvgIpc) is 3.21. The maximum Gasteiger partial charge on any atom is 0.262 e. The van der Waals surface area contributed by atoms with E-state index in [0.29, 0.717) is 36.0 Å². The van der Waals surface area contributed by atoms with E-state index < -0.39 is 10.0 Å². The molecule has 0 spiro atoms. The summed E-state index contributed by atoms with van der Waals surface area (Å²) in [5.41, 5.74) is 0.794. The molecule has 8 nitrogen and oxygen atoms in total. The second-order valence-electron chi connectivity index (χ2n) is 7.83. The molecule has 3 aromatic rings. The summed E-state index contributed by atoms with van der Waals surface area (Å²) in [7, 11) is -3.83. The van der Waals surface area contributed by atoms with Crippen LogP contribution in [0.3, 0.4) is 0 Å². The molecule has 1 aliphatic heterocycles. The molecule has 0 saturated heterocycles. The first-order valence-corrected chi connectivity index (χ1v) is 12.2. The molecular formula is C24H26N2O6S. The van der Waals surface area contributed by atoms with Crippen LogP contribution in [0.5, 0.6) is 11.5 Å². The monoisotopic (exact) mass is 470 g/mol. The summed E-state index contributed by atoms with van der Waals surface area (Å²) < 4.78 is 44.6. The number of benzene rings is 2. The Morgan fingerprint density at radius 2 is 1.79 bits per heavy atom. The number of carbonyl (C=O) groups is 1. The summed E-state index contributed by atoms with van der Waals surface area (Å²) >= 11 is 0. The minimum atomic E-state index is -3.83. The highest BCUT2D eigenvalue weighted by atomic mass is 32.2. The van der Waals surface area contributed by atoms with Gasteiger partial charge in [-0.05, 0) is 61.9 Å². The molecule has 1 aromatic heterocycles. The number of ether oxygens (including phenoxy) is 2. The fraction of sp³-hybridized carbons (Fsp3) is 0.292. The quantitative estimate of drug-likeness (QED) is 0.516. The third-order valence-corrected chi connectivity index (χ3v) is 6.59. The van der Waals surface area contributed by atoms with Crippen LogP contribution in [0.15, 0.2) is 70.2 Å².